The monoisotopic (exact) mass is 191 g/mol. The first-order valence-corrected chi connectivity index (χ1v) is 4.25. The van der Waals surface area contributed by atoms with E-state index in [9.17, 15) is 4.39 Å². The summed E-state index contributed by atoms with van der Waals surface area (Å²) in [6.07, 6.45) is 0. The summed E-state index contributed by atoms with van der Waals surface area (Å²) in [6, 6.07) is 8.27. The SMILES string of the molecule is Cc1cc(F)n(-c2ccc(N)cc2)n1. The van der Waals surface area contributed by atoms with Gasteiger partial charge in [0.25, 0.3) is 0 Å². The molecular weight excluding hydrogens is 181 g/mol. The largest absolute Gasteiger partial charge is 0.399 e. The Morgan fingerprint density at radius 3 is 2.43 bits per heavy atom. The standard InChI is InChI=1S/C10H10FN3/c1-7-6-10(11)14(13-7)9-4-2-8(12)3-5-9/h2-6H,12H2,1H3. The van der Waals surface area contributed by atoms with Crippen LogP contribution in [0.3, 0.4) is 0 Å². The first-order chi connectivity index (χ1) is 6.66. The molecule has 3 nitrogen and oxygen atoms in total. The Kier molecular flexibility index (Phi) is 1.96. The third kappa shape index (κ3) is 1.46. The smallest absolute Gasteiger partial charge is 0.216 e. The van der Waals surface area contributed by atoms with Gasteiger partial charge in [-0.15, -0.1) is 0 Å². The maximum absolute atomic E-state index is 13.3. The van der Waals surface area contributed by atoms with Crippen LogP contribution in [0.4, 0.5) is 10.1 Å². The molecule has 0 unspecified atom stereocenters. The van der Waals surface area contributed by atoms with Crippen LogP contribution < -0.4 is 5.73 Å². The van der Waals surface area contributed by atoms with Crippen LogP contribution >= 0.6 is 0 Å². The van der Waals surface area contributed by atoms with Crippen molar-refractivity contribution in [3.8, 4) is 5.69 Å². The van der Waals surface area contributed by atoms with Crippen LogP contribution in [0.1, 0.15) is 5.69 Å². The fourth-order valence-corrected chi connectivity index (χ4v) is 1.26. The van der Waals surface area contributed by atoms with Crippen molar-refractivity contribution in [2.24, 2.45) is 0 Å². The van der Waals surface area contributed by atoms with Gasteiger partial charge in [0.2, 0.25) is 5.95 Å². The lowest BCUT2D eigenvalue weighted by Gasteiger charge is -2.01. The van der Waals surface area contributed by atoms with E-state index in [1.807, 2.05) is 0 Å². The molecule has 4 heteroatoms. The zero-order valence-corrected chi connectivity index (χ0v) is 7.74. The summed E-state index contributed by atoms with van der Waals surface area (Å²) in [7, 11) is 0. The average molecular weight is 191 g/mol. The highest BCUT2D eigenvalue weighted by atomic mass is 19.1. The van der Waals surface area contributed by atoms with Crippen LogP contribution in [-0.2, 0) is 0 Å². The maximum atomic E-state index is 13.3. The zero-order valence-electron chi connectivity index (χ0n) is 7.74. The minimum Gasteiger partial charge on any atom is -0.399 e. The molecule has 2 N–H and O–H groups in total. The Hall–Kier alpha value is -1.84. The number of aryl methyl sites for hydroxylation is 1. The second-order valence-corrected chi connectivity index (χ2v) is 3.11. The number of nitrogen functional groups attached to an aromatic ring is 1. The number of aromatic nitrogens is 2. The molecule has 1 aromatic heterocycles. The van der Waals surface area contributed by atoms with Crippen molar-refractivity contribution in [2.75, 3.05) is 5.73 Å². The van der Waals surface area contributed by atoms with Crippen molar-refractivity contribution in [2.45, 2.75) is 6.92 Å². The number of rotatable bonds is 1. The summed E-state index contributed by atoms with van der Waals surface area (Å²) in [5.74, 6) is -0.368. The number of benzene rings is 1. The van der Waals surface area contributed by atoms with Crippen LogP contribution in [0.25, 0.3) is 5.69 Å². The van der Waals surface area contributed by atoms with Gasteiger partial charge in [-0.3, -0.25) is 0 Å². The van der Waals surface area contributed by atoms with E-state index in [4.69, 9.17) is 5.73 Å². The molecule has 72 valence electrons. The van der Waals surface area contributed by atoms with Crippen LogP contribution in [0.5, 0.6) is 0 Å². The molecule has 0 fully saturated rings. The molecule has 0 spiro atoms. The van der Waals surface area contributed by atoms with Crippen molar-refractivity contribution in [3.05, 3.63) is 42.0 Å². The van der Waals surface area contributed by atoms with Crippen LogP contribution in [0.2, 0.25) is 0 Å². The lowest BCUT2D eigenvalue weighted by molar-refractivity contribution is 0.536. The number of nitrogens with two attached hydrogens (primary N) is 1. The fraction of sp³-hybridized carbons (Fsp3) is 0.100. The topological polar surface area (TPSA) is 43.8 Å². The highest BCUT2D eigenvalue weighted by molar-refractivity contribution is 5.44. The first-order valence-electron chi connectivity index (χ1n) is 4.25. The van der Waals surface area contributed by atoms with Crippen molar-refractivity contribution in [1.29, 1.82) is 0 Å². The van der Waals surface area contributed by atoms with Crippen molar-refractivity contribution in [1.82, 2.24) is 9.78 Å². The van der Waals surface area contributed by atoms with E-state index >= 15 is 0 Å². The summed E-state index contributed by atoms with van der Waals surface area (Å²) >= 11 is 0. The minimum atomic E-state index is -0.368. The molecule has 0 bridgehead atoms. The predicted octanol–water partition coefficient (Wildman–Crippen LogP) is 1.90. The predicted molar refractivity (Wildman–Crippen MR) is 52.7 cm³/mol. The van der Waals surface area contributed by atoms with Gasteiger partial charge in [0.05, 0.1) is 11.4 Å². The quantitative estimate of drug-likeness (QED) is 0.699. The molecule has 0 radical (unpaired) electrons. The molecule has 14 heavy (non-hydrogen) atoms. The summed E-state index contributed by atoms with van der Waals surface area (Å²) in [4.78, 5) is 0. The first kappa shape index (κ1) is 8.74. The van der Waals surface area contributed by atoms with Crippen molar-refractivity contribution in [3.63, 3.8) is 0 Å². The molecule has 0 saturated carbocycles. The van der Waals surface area contributed by atoms with Crippen LogP contribution in [0.15, 0.2) is 30.3 Å². The van der Waals surface area contributed by atoms with Gasteiger partial charge in [-0.2, -0.15) is 9.49 Å². The van der Waals surface area contributed by atoms with Gasteiger partial charge in [0.1, 0.15) is 0 Å². The molecule has 0 aliphatic carbocycles. The van der Waals surface area contributed by atoms with Crippen molar-refractivity contribution < 1.29 is 4.39 Å². The Labute approximate surface area is 81.0 Å². The lowest BCUT2D eigenvalue weighted by Crippen LogP contribution is -1.99. The number of nitrogens with zero attached hydrogens (tertiary/aromatic N) is 2. The Balaban J connectivity index is 2.49. The van der Waals surface area contributed by atoms with E-state index in [0.29, 0.717) is 17.1 Å². The van der Waals surface area contributed by atoms with E-state index in [-0.39, 0.29) is 5.95 Å². The van der Waals surface area contributed by atoms with E-state index < -0.39 is 0 Å². The summed E-state index contributed by atoms with van der Waals surface area (Å²) < 4.78 is 14.5. The Morgan fingerprint density at radius 1 is 1.29 bits per heavy atom. The average Bonchev–Trinajstić information content (AvgIpc) is 2.47. The third-order valence-corrected chi connectivity index (χ3v) is 1.93. The molecule has 0 aliphatic rings. The Bertz CT molecular complexity index is 445. The second-order valence-electron chi connectivity index (χ2n) is 3.11. The van der Waals surface area contributed by atoms with Gasteiger partial charge < -0.3 is 5.73 Å². The van der Waals surface area contributed by atoms with Crippen molar-refractivity contribution >= 4 is 5.69 Å². The maximum Gasteiger partial charge on any atom is 0.216 e. The molecule has 1 heterocycles. The van der Waals surface area contributed by atoms with Gasteiger partial charge in [0.15, 0.2) is 0 Å². The van der Waals surface area contributed by atoms with E-state index in [1.54, 1.807) is 31.2 Å². The molecule has 1 aromatic carbocycles. The number of halogens is 1. The molecular formula is C10H10FN3. The van der Waals surface area contributed by atoms with Gasteiger partial charge in [0, 0.05) is 11.8 Å². The van der Waals surface area contributed by atoms with E-state index in [1.165, 1.54) is 10.7 Å². The Morgan fingerprint density at radius 2 is 1.93 bits per heavy atom. The number of hydrogen-bond acceptors (Lipinski definition) is 2. The van der Waals surface area contributed by atoms with E-state index in [2.05, 4.69) is 5.10 Å². The van der Waals surface area contributed by atoms with Crippen LogP contribution in [0, 0.1) is 12.9 Å². The molecule has 0 saturated heterocycles. The summed E-state index contributed by atoms with van der Waals surface area (Å²) in [5, 5.41) is 4.01. The molecule has 0 aliphatic heterocycles. The van der Waals surface area contributed by atoms with Gasteiger partial charge in [-0.25, -0.2) is 4.68 Å². The fourth-order valence-electron chi connectivity index (χ4n) is 1.26. The summed E-state index contributed by atoms with van der Waals surface area (Å²) in [6.45, 7) is 1.75. The third-order valence-electron chi connectivity index (χ3n) is 1.93. The number of anilines is 1. The van der Waals surface area contributed by atoms with Gasteiger partial charge in [-0.05, 0) is 31.2 Å². The van der Waals surface area contributed by atoms with Crippen LogP contribution in [-0.4, -0.2) is 9.78 Å². The lowest BCUT2D eigenvalue weighted by atomic mass is 10.3. The minimum absolute atomic E-state index is 0.368. The zero-order chi connectivity index (χ0) is 10.1. The molecule has 2 aromatic rings. The van der Waals surface area contributed by atoms with Gasteiger partial charge in [-0.1, -0.05) is 0 Å². The highest BCUT2D eigenvalue weighted by Gasteiger charge is 2.05. The highest BCUT2D eigenvalue weighted by Crippen LogP contribution is 2.12. The normalized spacial score (nSPS) is 10.4. The summed E-state index contributed by atoms with van der Waals surface area (Å²) in [5.41, 5.74) is 7.50. The molecule has 0 atom stereocenters. The molecule has 0 amide bonds. The second kappa shape index (κ2) is 3.14. The van der Waals surface area contributed by atoms with E-state index in [0.717, 1.165) is 0 Å². The molecule has 2 rings (SSSR count). The number of hydrogen-bond donors (Lipinski definition) is 1. The van der Waals surface area contributed by atoms with Gasteiger partial charge >= 0.3 is 0 Å².